The third kappa shape index (κ3) is 5.04. The first-order chi connectivity index (χ1) is 14.1. The van der Waals surface area contributed by atoms with Crippen LogP contribution in [0.3, 0.4) is 0 Å². The van der Waals surface area contributed by atoms with E-state index in [2.05, 4.69) is 15.6 Å². The van der Waals surface area contributed by atoms with E-state index in [9.17, 15) is 14.4 Å². The summed E-state index contributed by atoms with van der Waals surface area (Å²) >= 11 is 0. The van der Waals surface area contributed by atoms with Crippen LogP contribution in [0.2, 0.25) is 0 Å². The fourth-order valence-electron chi connectivity index (χ4n) is 2.57. The van der Waals surface area contributed by atoms with Gasteiger partial charge in [0.05, 0.1) is 17.9 Å². The van der Waals surface area contributed by atoms with Crippen molar-refractivity contribution in [3.8, 4) is 0 Å². The summed E-state index contributed by atoms with van der Waals surface area (Å²) in [6, 6.07) is 20.0. The van der Waals surface area contributed by atoms with Crippen molar-refractivity contribution in [1.29, 1.82) is 0 Å². The lowest BCUT2D eigenvalue weighted by Crippen LogP contribution is -2.19. The zero-order valence-corrected chi connectivity index (χ0v) is 15.7. The van der Waals surface area contributed by atoms with Gasteiger partial charge in [-0.2, -0.15) is 0 Å². The number of carbonyl (C=O) groups is 3. The Morgan fingerprint density at radius 3 is 2.10 bits per heavy atom. The normalized spacial score (nSPS) is 10.1. The van der Waals surface area contributed by atoms with E-state index < -0.39 is 17.8 Å². The van der Waals surface area contributed by atoms with E-state index in [1.165, 1.54) is 12.1 Å². The molecule has 1 heterocycles. The fourth-order valence-corrected chi connectivity index (χ4v) is 2.57. The maximum absolute atomic E-state index is 12.6. The van der Waals surface area contributed by atoms with Crippen LogP contribution in [0.5, 0.6) is 0 Å². The highest BCUT2D eigenvalue weighted by atomic mass is 16.5. The van der Waals surface area contributed by atoms with E-state index in [1.807, 2.05) is 6.07 Å². The molecule has 3 aromatic rings. The molecule has 0 radical (unpaired) electrons. The Morgan fingerprint density at radius 2 is 1.41 bits per heavy atom. The number of para-hydroxylation sites is 2. The van der Waals surface area contributed by atoms with Crippen LogP contribution < -0.4 is 10.6 Å². The van der Waals surface area contributed by atoms with Crippen molar-refractivity contribution in [2.75, 3.05) is 17.2 Å². The van der Waals surface area contributed by atoms with Crippen molar-refractivity contribution in [3.63, 3.8) is 0 Å². The van der Waals surface area contributed by atoms with Gasteiger partial charge in [0.1, 0.15) is 11.4 Å². The van der Waals surface area contributed by atoms with Crippen LogP contribution in [0.1, 0.15) is 38.3 Å². The molecule has 2 aromatic carbocycles. The number of carbonyl (C=O) groups excluding carboxylic acids is 3. The predicted octanol–water partition coefficient (Wildman–Crippen LogP) is 3.76. The maximum atomic E-state index is 12.6. The molecule has 0 aliphatic rings. The van der Waals surface area contributed by atoms with Gasteiger partial charge in [-0.3, -0.25) is 9.59 Å². The molecule has 0 aliphatic carbocycles. The van der Waals surface area contributed by atoms with Crippen LogP contribution in [0.4, 0.5) is 11.4 Å². The quantitative estimate of drug-likeness (QED) is 0.626. The molecule has 7 heteroatoms. The molecule has 0 saturated carbocycles. The van der Waals surface area contributed by atoms with Gasteiger partial charge in [-0.05, 0) is 43.3 Å². The van der Waals surface area contributed by atoms with Crippen LogP contribution in [-0.4, -0.2) is 29.4 Å². The van der Waals surface area contributed by atoms with Crippen molar-refractivity contribution in [2.24, 2.45) is 0 Å². The summed E-state index contributed by atoms with van der Waals surface area (Å²) in [5, 5.41) is 5.37. The lowest BCUT2D eigenvalue weighted by atomic mass is 10.1. The minimum absolute atomic E-state index is 0.0457. The van der Waals surface area contributed by atoms with E-state index in [4.69, 9.17) is 4.74 Å². The second-order valence-corrected chi connectivity index (χ2v) is 5.95. The number of amides is 2. The molecule has 29 heavy (non-hydrogen) atoms. The van der Waals surface area contributed by atoms with Crippen LogP contribution in [0.25, 0.3) is 0 Å². The van der Waals surface area contributed by atoms with Crippen molar-refractivity contribution >= 4 is 29.2 Å². The molecule has 0 bridgehead atoms. The molecule has 2 amide bonds. The van der Waals surface area contributed by atoms with Crippen LogP contribution in [-0.2, 0) is 4.74 Å². The molecule has 0 spiro atoms. The molecular formula is C22H19N3O4. The minimum atomic E-state index is -0.545. The van der Waals surface area contributed by atoms with Gasteiger partial charge in [-0.25, -0.2) is 9.78 Å². The van der Waals surface area contributed by atoms with Crippen LogP contribution in [0, 0.1) is 0 Å². The Hall–Kier alpha value is -4.00. The molecule has 0 atom stereocenters. The summed E-state index contributed by atoms with van der Waals surface area (Å²) in [4.78, 5) is 41.2. The number of benzene rings is 2. The lowest BCUT2D eigenvalue weighted by Gasteiger charge is -2.10. The average Bonchev–Trinajstić information content (AvgIpc) is 2.75. The molecule has 0 saturated heterocycles. The molecule has 7 nitrogen and oxygen atoms in total. The third-order valence-corrected chi connectivity index (χ3v) is 3.92. The molecule has 2 N–H and O–H groups in total. The summed E-state index contributed by atoms with van der Waals surface area (Å²) in [5.41, 5.74) is 1.31. The monoisotopic (exact) mass is 389 g/mol. The lowest BCUT2D eigenvalue weighted by molar-refractivity contribution is 0.0527. The Balaban J connectivity index is 1.77. The number of pyridine rings is 1. The van der Waals surface area contributed by atoms with E-state index in [0.717, 1.165) is 0 Å². The summed E-state index contributed by atoms with van der Waals surface area (Å²) < 4.78 is 5.00. The van der Waals surface area contributed by atoms with Gasteiger partial charge in [0.2, 0.25) is 0 Å². The maximum Gasteiger partial charge on any atom is 0.340 e. The van der Waals surface area contributed by atoms with Crippen molar-refractivity contribution in [3.05, 3.63) is 89.7 Å². The number of hydrogen-bond acceptors (Lipinski definition) is 5. The van der Waals surface area contributed by atoms with E-state index in [0.29, 0.717) is 11.4 Å². The number of aromatic nitrogens is 1. The number of anilines is 2. The number of rotatable bonds is 6. The molecule has 3 rings (SSSR count). The van der Waals surface area contributed by atoms with Gasteiger partial charge in [-0.1, -0.05) is 36.4 Å². The largest absolute Gasteiger partial charge is 0.462 e. The highest BCUT2D eigenvalue weighted by molar-refractivity contribution is 6.08. The van der Waals surface area contributed by atoms with Gasteiger partial charge < -0.3 is 15.4 Å². The molecule has 146 valence electrons. The summed E-state index contributed by atoms with van der Waals surface area (Å²) in [6.45, 7) is 1.93. The first-order valence-electron chi connectivity index (χ1n) is 8.99. The number of nitrogens with one attached hydrogen (secondary N) is 2. The van der Waals surface area contributed by atoms with Gasteiger partial charge in [0, 0.05) is 5.69 Å². The zero-order chi connectivity index (χ0) is 20.6. The third-order valence-electron chi connectivity index (χ3n) is 3.92. The number of hydrogen-bond donors (Lipinski definition) is 2. The second kappa shape index (κ2) is 9.27. The zero-order valence-electron chi connectivity index (χ0n) is 15.7. The Labute approximate surface area is 167 Å². The second-order valence-electron chi connectivity index (χ2n) is 5.95. The van der Waals surface area contributed by atoms with Crippen molar-refractivity contribution in [1.82, 2.24) is 4.98 Å². The van der Waals surface area contributed by atoms with Gasteiger partial charge >= 0.3 is 5.97 Å². The van der Waals surface area contributed by atoms with Crippen LogP contribution in [0.15, 0.2) is 72.8 Å². The smallest absolute Gasteiger partial charge is 0.340 e. The standard InChI is InChI=1S/C22H19N3O4/c1-2-29-22(28)16-11-6-7-12-17(16)25-21(27)19-14-8-13-18(24-19)20(26)23-15-9-4-3-5-10-15/h3-14H,2H2,1H3,(H,23,26)(H,25,27). The van der Waals surface area contributed by atoms with E-state index in [-0.39, 0.29) is 23.6 Å². The van der Waals surface area contributed by atoms with Gasteiger partial charge in [0.15, 0.2) is 0 Å². The van der Waals surface area contributed by atoms with Gasteiger partial charge in [0.25, 0.3) is 11.8 Å². The molecule has 1 aromatic heterocycles. The van der Waals surface area contributed by atoms with Crippen molar-refractivity contribution < 1.29 is 19.1 Å². The average molecular weight is 389 g/mol. The van der Waals surface area contributed by atoms with Gasteiger partial charge in [-0.15, -0.1) is 0 Å². The van der Waals surface area contributed by atoms with E-state index >= 15 is 0 Å². The predicted molar refractivity (Wildman–Crippen MR) is 109 cm³/mol. The molecule has 0 aliphatic heterocycles. The Kier molecular flexibility index (Phi) is 6.32. The Bertz CT molecular complexity index is 1030. The molecule has 0 fully saturated rings. The number of ether oxygens (including phenoxy) is 1. The SMILES string of the molecule is CCOC(=O)c1ccccc1NC(=O)c1cccc(C(=O)Nc2ccccc2)n1. The Morgan fingerprint density at radius 1 is 0.793 bits per heavy atom. The molecular weight excluding hydrogens is 370 g/mol. The highest BCUT2D eigenvalue weighted by Crippen LogP contribution is 2.17. The molecule has 0 unspecified atom stereocenters. The summed E-state index contributed by atoms with van der Waals surface area (Å²) in [6.07, 6.45) is 0. The van der Waals surface area contributed by atoms with Crippen molar-refractivity contribution in [2.45, 2.75) is 6.92 Å². The summed E-state index contributed by atoms with van der Waals surface area (Å²) in [5.74, 6) is -1.51. The number of nitrogens with zero attached hydrogens (tertiary/aromatic N) is 1. The first kappa shape index (κ1) is 19.8. The summed E-state index contributed by atoms with van der Waals surface area (Å²) in [7, 11) is 0. The number of esters is 1. The van der Waals surface area contributed by atoms with E-state index in [1.54, 1.807) is 61.5 Å². The topological polar surface area (TPSA) is 97.4 Å². The minimum Gasteiger partial charge on any atom is -0.462 e. The first-order valence-corrected chi connectivity index (χ1v) is 8.99. The van der Waals surface area contributed by atoms with Crippen LogP contribution >= 0.6 is 0 Å². The highest BCUT2D eigenvalue weighted by Gasteiger charge is 2.17. The fraction of sp³-hybridized carbons (Fsp3) is 0.0909.